The second-order valence-corrected chi connectivity index (χ2v) is 5.66. The van der Waals surface area contributed by atoms with Gasteiger partial charge in [-0.1, -0.05) is 33.1 Å². The second-order valence-electron chi connectivity index (χ2n) is 3.38. The van der Waals surface area contributed by atoms with Crippen molar-refractivity contribution in [1.29, 1.82) is 0 Å². The van der Waals surface area contributed by atoms with Gasteiger partial charge in [0.2, 0.25) is 0 Å². The second kappa shape index (κ2) is 7.77. The summed E-state index contributed by atoms with van der Waals surface area (Å²) in [6.45, 7) is 4.52. The number of rotatable bonds is 7. The maximum atomic E-state index is 5.27. The van der Waals surface area contributed by atoms with Crippen molar-refractivity contribution in [2.75, 3.05) is 14.2 Å². The topological polar surface area (TPSA) is 18.5 Å². The third-order valence-electron chi connectivity index (χ3n) is 2.17. The predicted octanol–water partition coefficient (Wildman–Crippen LogP) is 2.33. The molecule has 2 nitrogen and oxygen atoms in total. The van der Waals surface area contributed by atoms with Crippen LogP contribution >= 0.6 is 0 Å². The molecule has 0 spiro atoms. The summed E-state index contributed by atoms with van der Waals surface area (Å²) in [5.74, 6) is 0.765. The van der Waals surface area contributed by atoms with Gasteiger partial charge in [-0.05, 0) is 12.0 Å². The van der Waals surface area contributed by atoms with E-state index < -0.39 is 9.28 Å². The lowest BCUT2D eigenvalue weighted by Crippen LogP contribution is -2.21. The van der Waals surface area contributed by atoms with E-state index in [2.05, 4.69) is 13.8 Å². The first-order chi connectivity index (χ1) is 5.74. The molecule has 0 bridgehead atoms. The van der Waals surface area contributed by atoms with Crippen molar-refractivity contribution in [2.45, 2.75) is 39.2 Å². The summed E-state index contributed by atoms with van der Waals surface area (Å²) in [6, 6.07) is 1.15. The first-order valence-corrected chi connectivity index (χ1v) is 6.56. The van der Waals surface area contributed by atoms with Crippen molar-refractivity contribution in [3.63, 3.8) is 0 Å². The van der Waals surface area contributed by atoms with Gasteiger partial charge in [0.05, 0.1) is 0 Å². The van der Waals surface area contributed by atoms with Crippen LogP contribution in [-0.2, 0) is 8.85 Å². The molecule has 0 aromatic carbocycles. The number of hydrogen-bond donors (Lipinski definition) is 0. The lowest BCUT2D eigenvalue weighted by Gasteiger charge is -2.15. The van der Waals surface area contributed by atoms with Gasteiger partial charge in [-0.2, -0.15) is 0 Å². The predicted molar refractivity (Wildman–Crippen MR) is 54.7 cm³/mol. The SMILES string of the molecule is CCCCC(C)C[SiH](OC)OC. The highest BCUT2D eigenvalue weighted by Gasteiger charge is 2.13. The maximum Gasteiger partial charge on any atom is 0.321 e. The zero-order valence-electron chi connectivity index (χ0n) is 8.80. The molecule has 0 N–H and O–H groups in total. The Labute approximate surface area is 78.1 Å². The maximum absolute atomic E-state index is 5.27. The molecule has 0 amide bonds. The summed E-state index contributed by atoms with van der Waals surface area (Å²) < 4.78 is 10.5. The standard InChI is InChI=1S/C9H22O2Si/c1-5-6-7-9(2)8-12(10-3)11-4/h9,12H,5-8H2,1-4H3. The van der Waals surface area contributed by atoms with E-state index in [4.69, 9.17) is 8.85 Å². The third-order valence-corrected chi connectivity index (χ3v) is 4.41. The molecule has 0 aliphatic carbocycles. The Kier molecular flexibility index (Phi) is 7.86. The first-order valence-electron chi connectivity index (χ1n) is 4.80. The summed E-state index contributed by atoms with van der Waals surface area (Å²) in [5.41, 5.74) is 0. The van der Waals surface area contributed by atoms with Crippen LogP contribution in [0.5, 0.6) is 0 Å². The Morgan fingerprint density at radius 1 is 1.25 bits per heavy atom. The normalized spacial score (nSPS) is 13.8. The Morgan fingerprint density at radius 3 is 2.25 bits per heavy atom. The zero-order valence-corrected chi connectivity index (χ0v) is 9.95. The highest BCUT2D eigenvalue weighted by Crippen LogP contribution is 2.14. The van der Waals surface area contributed by atoms with Gasteiger partial charge >= 0.3 is 9.28 Å². The van der Waals surface area contributed by atoms with Crippen LogP contribution in [0, 0.1) is 5.92 Å². The lowest BCUT2D eigenvalue weighted by atomic mass is 10.1. The van der Waals surface area contributed by atoms with Crippen LogP contribution in [0.2, 0.25) is 6.04 Å². The highest BCUT2D eigenvalue weighted by molar-refractivity contribution is 6.44. The molecule has 0 saturated carbocycles. The Hall–Kier alpha value is 0.137. The summed E-state index contributed by atoms with van der Waals surface area (Å²) in [4.78, 5) is 0. The van der Waals surface area contributed by atoms with Gasteiger partial charge in [0.15, 0.2) is 0 Å². The monoisotopic (exact) mass is 190 g/mol. The molecule has 0 aliphatic heterocycles. The molecular weight excluding hydrogens is 168 g/mol. The molecule has 0 rings (SSSR count). The number of unbranched alkanes of at least 4 members (excludes halogenated alkanes) is 1. The molecule has 0 saturated heterocycles. The molecule has 3 heteroatoms. The van der Waals surface area contributed by atoms with Crippen LogP contribution in [0.3, 0.4) is 0 Å². The van der Waals surface area contributed by atoms with Crippen LogP contribution < -0.4 is 0 Å². The summed E-state index contributed by atoms with van der Waals surface area (Å²) in [7, 11) is 2.22. The van der Waals surface area contributed by atoms with Crippen LogP contribution in [0.15, 0.2) is 0 Å². The third kappa shape index (κ3) is 5.74. The molecule has 0 aliphatic rings. The van der Waals surface area contributed by atoms with Gasteiger partial charge in [-0.15, -0.1) is 0 Å². The van der Waals surface area contributed by atoms with E-state index in [1.54, 1.807) is 14.2 Å². The minimum absolute atomic E-state index is 0.765. The summed E-state index contributed by atoms with van der Waals surface area (Å²) in [5, 5.41) is 0. The Bertz CT molecular complexity index is 94.5. The van der Waals surface area contributed by atoms with Gasteiger partial charge in [0.1, 0.15) is 0 Å². The molecule has 0 fully saturated rings. The van der Waals surface area contributed by atoms with E-state index in [9.17, 15) is 0 Å². The average Bonchev–Trinajstić information content (AvgIpc) is 2.10. The number of hydrogen-bond acceptors (Lipinski definition) is 2. The summed E-state index contributed by atoms with van der Waals surface area (Å²) >= 11 is 0. The molecule has 1 atom stereocenters. The first kappa shape index (κ1) is 12.1. The van der Waals surface area contributed by atoms with E-state index in [1.807, 2.05) is 0 Å². The van der Waals surface area contributed by atoms with Crippen LogP contribution in [0.25, 0.3) is 0 Å². The van der Waals surface area contributed by atoms with E-state index in [-0.39, 0.29) is 0 Å². The lowest BCUT2D eigenvalue weighted by molar-refractivity contribution is 0.269. The van der Waals surface area contributed by atoms with Crippen LogP contribution in [0.4, 0.5) is 0 Å². The van der Waals surface area contributed by atoms with Gasteiger partial charge in [0.25, 0.3) is 0 Å². The van der Waals surface area contributed by atoms with Crippen LogP contribution in [0.1, 0.15) is 33.1 Å². The van der Waals surface area contributed by atoms with Crippen molar-refractivity contribution in [3.8, 4) is 0 Å². The summed E-state index contributed by atoms with van der Waals surface area (Å²) in [6.07, 6.45) is 3.93. The minimum Gasteiger partial charge on any atom is -0.400 e. The Morgan fingerprint density at radius 2 is 1.83 bits per heavy atom. The largest absolute Gasteiger partial charge is 0.400 e. The van der Waals surface area contributed by atoms with E-state index >= 15 is 0 Å². The molecule has 0 aromatic heterocycles. The minimum atomic E-state index is -1.29. The van der Waals surface area contributed by atoms with E-state index in [0.717, 1.165) is 12.0 Å². The molecule has 0 heterocycles. The molecule has 0 radical (unpaired) electrons. The van der Waals surface area contributed by atoms with Crippen molar-refractivity contribution in [1.82, 2.24) is 0 Å². The molecular formula is C9H22O2Si. The fraction of sp³-hybridized carbons (Fsp3) is 1.00. The molecule has 12 heavy (non-hydrogen) atoms. The fourth-order valence-corrected chi connectivity index (χ4v) is 2.76. The average molecular weight is 190 g/mol. The fourth-order valence-electron chi connectivity index (χ4n) is 1.29. The van der Waals surface area contributed by atoms with Crippen molar-refractivity contribution < 1.29 is 8.85 Å². The van der Waals surface area contributed by atoms with Gasteiger partial charge < -0.3 is 8.85 Å². The van der Waals surface area contributed by atoms with Crippen molar-refractivity contribution in [3.05, 3.63) is 0 Å². The zero-order chi connectivity index (χ0) is 9.40. The van der Waals surface area contributed by atoms with Gasteiger partial charge in [-0.25, -0.2) is 0 Å². The van der Waals surface area contributed by atoms with Gasteiger partial charge in [0, 0.05) is 14.2 Å². The molecule has 1 unspecified atom stereocenters. The highest BCUT2D eigenvalue weighted by atomic mass is 28.3. The smallest absolute Gasteiger partial charge is 0.321 e. The van der Waals surface area contributed by atoms with Crippen molar-refractivity contribution >= 4 is 9.28 Å². The quantitative estimate of drug-likeness (QED) is 0.574. The molecule has 0 aromatic rings. The Balaban J connectivity index is 3.44. The van der Waals surface area contributed by atoms with E-state index in [1.165, 1.54) is 19.3 Å². The van der Waals surface area contributed by atoms with Crippen LogP contribution in [-0.4, -0.2) is 23.5 Å². The van der Waals surface area contributed by atoms with Crippen molar-refractivity contribution in [2.24, 2.45) is 5.92 Å². The molecule has 74 valence electrons. The van der Waals surface area contributed by atoms with Gasteiger partial charge in [-0.3, -0.25) is 0 Å². The van der Waals surface area contributed by atoms with E-state index in [0.29, 0.717) is 0 Å².